The van der Waals surface area contributed by atoms with E-state index < -0.39 is 81.4 Å². The lowest BCUT2D eigenvalue weighted by Gasteiger charge is -2.37. The molecule has 2 fully saturated rings. The molecule has 0 aromatic carbocycles. The monoisotopic (exact) mass is 1150 g/mol. The Labute approximate surface area is 461 Å². The number of rotatable bonds is 42. The van der Waals surface area contributed by atoms with Gasteiger partial charge in [0.25, 0.3) is 0 Å². The zero-order valence-electron chi connectivity index (χ0n) is 43.8. The third kappa shape index (κ3) is 31.8. The number of likely N-dealkylation sites (tertiary alicyclic amines) is 1. The molecular weight excluding hydrogens is 1070 g/mol. The van der Waals surface area contributed by atoms with E-state index in [2.05, 4.69) is 17.2 Å². The van der Waals surface area contributed by atoms with Crippen LogP contribution in [-0.2, 0) is 43.0 Å². The van der Waals surface area contributed by atoms with Gasteiger partial charge in [-0.05, 0) is 75.9 Å². The number of amides is 6. The van der Waals surface area contributed by atoms with Crippen LogP contribution in [0.15, 0.2) is 12.7 Å². The summed E-state index contributed by atoms with van der Waals surface area (Å²) in [5.41, 5.74) is 0. The Balaban J connectivity index is 2.10. The SMILES string of the molecule is C=CC(=O)NCCSSCCCC(=O)CN(CC1CCN(C(=O)N(CCSSCCCC(=O)CCCCC2CCNCC2)C(=O)CN(CCN(CC(=O)O)CN(CC(=O)O)CC(=O)O)C(=O)O)CC1)C(=O)OCCOC. The molecule has 24 nitrogen and oxygen atoms in total. The van der Waals surface area contributed by atoms with Crippen molar-refractivity contribution in [2.24, 2.45) is 11.8 Å². The van der Waals surface area contributed by atoms with Crippen LogP contribution in [0.1, 0.15) is 77.0 Å². The summed E-state index contributed by atoms with van der Waals surface area (Å²) in [6.07, 6.45) is 7.66. The van der Waals surface area contributed by atoms with Gasteiger partial charge in [-0.25, -0.2) is 14.4 Å². The summed E-state index contributed by atoms with van der Waals surface area (Å²) < 4.78 is 10.4. The topological polar surface area (TPSA) is 314 Å². The number of aliphatic carboxylic acids is 3. The molecule has 76 heavy (non-hydrogen) atoms. The third-order valence-electron chi connectivity index (χ3n) is 12.2. The van der Waals surface area contributed by atoms with Gasteiger partial charge in [-0.3, -0.25) is 53.2 Å². The summed E-state index contributed by atoms with van der Waals surface area (Å²) in [7, 11) is 7.49. The first kappa shape index (κ1) is 67.8. The van der Waals surface area contributed by atoms with Crippen LogP contribution in [0.2, 0.25) is 0 Å². The largest absolute Gasteiger partial charge is 0.480 e. The lowest BCUT2D eigenvalue weighted by molar-refractivity contribution is -0.143. The summed E-state index contributed by atoms with van der Waals surface area (Å²) in [5, 5.41) is 44.3. The van der Waals surface area contributed by atoms with Crippen LogP contribution in [0.3, 0.4) is 0 Å². The fourth-order valence-electron chi connectivity index (χ4n) is 8.24. The maximum atomic E-state index is 14.3. The number of Topliss-reactive ketones (excluding diaryl/α,β-unsaturated/α-hetero) is 2. The third-order valence-corrected chi connectivity index (χ3v) is 17.1. The number of ether oxygens (including phenoxy) is 2. The second kappa shape index (κ2) is 40.8. The lowest BCUT2D eigenvalue weighted by Crippen LogP contribution is -2.54. The number of methoxy groups -OCH3 is 1. The molecule has 6 amide bonds. The van der Waals surface area contributed by atoms with Gasteiger partial charge in [0.2, 0.25) is 11.8 Å². The minimum atomic E-state index is -1.56. The van der Waals surface area contributed by atoms with Gasteiger partial charge in [0.05, 0.1) is 39.5 Å². The van der Waals surface area contributed by atoms with Crippen molar-refractivity contribution in [1.29, 1.82) is 0 Å². The fourth-order valence-corrected chi connectivity index (χ4v) is 12.3. The van der Waals surface area contributed by atoms with Crippen LogP contribution >= 0.6 is 43.2 Å². The van der Waals surface area contributed by atoms with Gasteiger partial charge in [0.1, 0.15) is 18.9 Å². The molecular formula is C48H80N8O16S4. The van der Waals surface area contributed by atoms with Gasteiger partial charge in [0.15, 0.2) is 5.78 Å². The quantitative estimate of drug-likeness (QED) is 0.0219. The molecule has 2 saturated heterocycles. The highest BCUT2D eigenvalue weighted by Gasteiger charge is 2.33. The molecule has 6 N–H and O–H groups in total. The zero-order chi connectivity index (χ0) is 56.1. The van der Waals surface area contributed by atoms with Gasteiger partial charge >= 0.3 is 36.1 Å². The van der Waals surface area contributed by atoms with Crippen molar-refractivity contribution in [2.45, 2.75) is 77.0 Å². The number of nitrogens with one attached hydrogen (secondary N) is 2. The Morgan fingerprint density at radius 1 is 0.658 bits per heavy atom. The van der Waals surface area contributed by atoms with Crippen molar-refractivity contribution in [2.75, 3.05) is 142 Å². The van der Waals surface area contributed by atoms with Gasteiger partial charge in [-0.2, -0.15) is 0 Å². The highest BCUT2D eigenvalue weighted by molar-refractivity contribution is 8.77. The first-order valence-corrected chi connectivity index (χ1v) is 30.6. The van der Waals surface area contributed by atoms with Gasteiger partial charge < -0.3 is 50.3 Å². The van der Waals surface area contributed by atoms with E-state index in [1.54, 1.807) is 21.6 Å². The molecule has 0 aliphatic carbocycles. The molecule has 2 rings (SSSR count). The minimum absolute atomic E-state index is 0.0224. The molecule has 2 aliphatic rings. The average molecular weight is 1150 g/mol. The number of carboxylic acid groups (broad SMARTS) is 4. The number of hydrogen-bond acceptors (Lipinski definition) is 19. The molecule has 2 heterocycles. The minimum Gasteiger partial charge on any atom is -0.480 e. The van der Waals surface area contributed by atoms with E-state index in [9.17, 15) is 68.4 Å². The van der Waals surface area contributed by atoms with E-state index in [-0.39, 0.29) is 88.0 Å². The lowest BCUT2D eigenvalue weighted by atomic mass is 9.92. The molecule has 0 radical (unpaired) electrons. The summed E-state index contributed by atoms with van der Waals surface area (Å²) in [5.74, 6) is -2.28. The summed E-state index contributed by atoms with van der Waals surface area (Å²) in [6, 6.07) is -0.667. The fraction of sp³-hybridized carbons (Fsp3) is 0.750. The molecule has 0 unspecified atom stereocenters. The molecule has 0 aromatic rings. The zero-order valence-corrected chi connectivity index (χ0v) is 47.0. The highest BCUT2D eigenvalue weighted by atomic mass is 33.1. The number of carboxylic acids is 3. The number of piperidine rings is 2. The van der Waals surface area contributed by atoms with E-state index in [4.69, 9.17) is 9.47 Å². The molecule has 0 saturated carbocycles. The van der Waals surface area contributed by atoms with E-state index in [1.807, 2.05) is 0 Å². The number of unbranched alkanes of at least 4 members (excludes halogenated alkanes) is 1. The van der Waals surface area contributed by atoms with Crippen molar-refractivity contribution >= 4 is 103 Å². The standard InChI is InChI=1S/C48H80N8O16S4/c1-3-41(59)50-18-28-75-73-27-7-11-40(58)31-55(48(70)72-25-24-71-2)30-38-14-19-53(20-15-38)46(67)56(23-29-76-74-26-6-10-39(57)9-5-4-8-37-12-16-49-17-13-37)42(60)32-54(47(68)69)22-21-51(33-43(61)62)36-52(34-44(63)64)35-45(65)66/h3,37-38,49H,1,4-36H2,2H3,(H,50,59)(H,61,62)(H,63,64)(H,65,66)(H,68,69). The van der Waals surface area contributed by atoms with Crippen LogP contribution in [0.5, 0.6) is 0 Å². The van der Waals surface area contributed by atoms with Crippen LogP contribution in [0.4, 0.5) is 14.4 Å². The van der Waals surface area contributed by atoms with Crippen LogP contribution in [-0.4, -0.2) is 251 Å². The van der Waals surface area contributed by atoms with Crippen molar-refractivity contribution in [1.82, 2.24) is 40.0 Å². The van der Waals surface area contributed by atoms with E-state index in [0.29, 0.717) is 67.2 Å². The summed E-state index contributed by atoms with van der Waals surface area (Å²) in [4.78, 5) is 132. The summed E-state index contributed by atoms with van der Waals surface area (Å²) in [6.45, 7) is 2.12. The number of urea groups is 1. The van der Waals surface area contributed by atoms with E-state index in [0.717, 1.165) is 53.0 Å². The van der Waals surface area contributed by atoms with Crippen LogP contribution in [0.25, 0.3) is 0 Å². The number of ketones is 2. The summed E-state index contributed by atoms with van der Waals surface area (Å²) >= 11 is 0. The number of hydrogen-bond donors (Lipinski definition) is 6. The maximum Gasteiger partial charge on any atom is 0.410 e. The number of nitrogens with zero attached hydrogens (tertiary/aromatic N) is 6. The molecule has 0 bridgehead atoms. The second-order valence-electron chi connectivity index (χ2n) is 18.3. The molecule has 432 valence electrons. The van der Waals surface area contributed by atoms with Crippen molar-refractivity contribution in [3.05, 3.63) is 12.7 Å². The van der Waals surface area contributed by atoms with Gasteiger partial charge in [-0.1, -0.05) is 62.6 Å². The maximum absolute atomic E-state index is 14.3. The number of carbonyl (C=O) groups is 10. The second-order valence-corrected chi connectivity index (χ2v) is 23.7. The number of carbonyl (C=O) groups excluding carboxylic acids is 6. The average Bonchev–Trinajstić information content (AvgIpc) is 3.37. The predicted octanol–water partition coefficient (Wildman–Crippen LogP) is 3.85. The Morgan fingerprint density at radius 3 is 1.86 bits per heavy atom. The molecule has 0 spiro atoms. The number of imide groups is 1. The molecule has 0 aromatic heterocycles. The first-order chi connectivity index (χ1) is 36.4. The molecule has 28 heteroatoms. The Morgan fingerprint density at radius 2 is 1.25 bits per heavy atom. The highest BCUT2D eigenvalue weighted by Crippen LogP contribution is 2.26. The Kier molecular flexibility index (Phi) is 36.4. The normalized spacial score (nSPS) is 14.0. The Bertz CT molecular complexity index is 1830. The Hall–Kier alpha value is -4.32. The van der Waals surface area contributed by atoms with Crippen molar-refractivity contribution in [3.8, 4) is 0 Å². The molecule has 0 atom stereocenters. The van der Waals surface area contributed by atoms with E-state index in [1.165, 1.54) is 57.4 Å². The molecule has 2 aliphatic heterocycles. The van der Waals surface area contributed by atoms with Crippen LogP contribution in [0, 0.1) is 11.8 Å². The van der Waals surface area contributed by atoms with Crippen molar-refractivity contribution < 1.29 is 77.8 Å². The van der Waals surface area contributed by atoms with E-state index >= 15 is 0 Å². The smallest absolute Gasteiger partial charge is 0.410 e. The van der Waals surface area contributed by atoms with Crippen LogP contribution < -0.4 is 10.6 Å². The van der Waals surface area contributed by atoms with Gasteiger partial charge in [-0.15, -0.1) is 0 Å². The first-order valence-electron chi connectivity index (χ1n) is 25.6. The van der Waals surface area contributed by atoms with Crippen molar-refractivity contribution in [3.63, 3.8) is 0 Å². The predicted molar refractivity (Wildman–Crippen MR) is 292 cm³/mol. The van der Waals surface area contributed by atoms with Gasteiger partial charge in [0, 0.05) is 95.2 Å².